The van der Waals surface area contributed by atoms with Gasteiger partial charge in [-0.25, -0.2) is 0 Å². The summed E-state index contributed by atoms with van der Waals surface area (Å²) in [5.74, 6) is 0.495. The summed E-state index contributed by atoms with van der Waals surface area (Å²) in [6, 6.07) is 5.16. The Labute approximate surface area is 87.4 Å². The van der Waals surface area contributed by atoms with Crippen LogP contribution in [0.3, 0.4) is 0 Å². The lowest BCUT2D eigenvalue weighted by Gasteiger charge is -2.23. The molecule has 0 bridgehead atoms. The number of hydrogen-bond donors (Lipinski definition) is 1. The minimum atomic E-state index is -0.454. The molecule has 0 aliphatic carbocycles. The summed E-state index contributed by atoms with van der Waals surface area (Å²) in [7, 11) is 1.53. The smallest absolute Gasteiger partial charge is 0.175 e. The minimum Gasteiger partial charge on any atom is -0.493 e. The van der Waals surface area contributed by atoms with E-state index in [9.17, 15) is 4.79 Å². The first-order chi connectivity index (χ1) is 7.27. The Morgan fingerprint density at radius 1 is 1.60 bits per heavy atom. The average molecular weight is 208 g/mol. The summed E-state index contributed by atoms with van der Waals surface area (Å²) < 4.78 is 10.5. The molecule has 2 rings (SSSR count). The molecule has 1 aromatic carbocycles. The maximum Gasteiger partial charge on any atom is 0.175 e. The third kappa shape index (κ3) is 1.57. The standard InChI is InChI=1S/C11H12O4/c1-14-9-4-2-3-8-10(13)7(5-12)6-15-11(8)9/h2-4,7,12H,5-6H2,1H3. The molecule has 4 nitrogen and oxygen atoms in total. The lowest BCUT2D eigenvalue weighted by Crippen LogP contribution is -2.30. The van der Waals surface area contributed by atoms with Crippen molar-refractivity contribution in [2.45, 2.75) is 0 Å². The number of carbonyl (C=O) groups is 1. The molecule has 0 fully saturated rings. The van der Waals surface area contributed by atoms with Gasteiger partial charge in [-0.3, -0.25) is 4.79 Å². The average Bonchev–Trinajstić information content (AvgIpc) is 2.29. The molecule has 1 aliphatic rings. The summed E-state index contributed by atoms with van der Waals surface area (Å²) in [5, 5.41) is 8.98. The molecule has 0 spiro atoms. The molecule has 1 atom stereocenters. The zero-order valence-electron chi connectivity index (χ0n) is 8.40. The van der Waals surface area contributed by atoms with Gasteiger partial charge in [0, 0.05) is 0 Å². The van der Waals surface area contributed by atoms with E-state index in [1.807, 2.05) is 0 Å². The van der Waals surface area contributed by atoms with Crippen LogP contribution in [-0.4, -0.2) is 31.2 Å². The van der Waals surface area contributed by atoms with E-state index >= 15 is 0 Å². The molecule has 1 heterocycles. The quantitative estimate of drug-likeness (QED) is 0.783. The van der Waals surface area contributed by atoms with Crippen molar-refractivity contribution in [1.82, 2.24) is 0 Å². The van der Waals surface area contributed by atoms with Gasteiger partial charge in [-0.05, 0) is 12.1 Å². The number of ketones is 1. The van der Waals surface area contributed by atoms with Crippen LogP contribution in [0.1, 0.15) is 10.4 Å². The van der Waals surface area contributed by atoms with Crippen LogP contribution in [0.5, 0.6) is 11.5 Å². The molecule has 1 aromatic rings. The molecule has 0 saturated carbocycles. The van der Waals surface area contributed by atoms with E-state index in [0.29, 0.717) is 17.1 Å². The predicted molar refractivity (Wildman–Crippen MR) is 53.4 cm³/mol. The van der Waals surface area contributed by atoms with Gasteiger partial charge in [-0.15, -0.1) is 0 Å². The van der Waals surface area contributed by atoms with Crippen molar-refractivity contribution in [1.29, 1.82) is 0 Å². The summed E-state index contributed by atoms with van der Waals surface area (Å²) in [6.07, 6.45) is 0. The van der Waals surface area contributed by atoms with Crippen molar-refractivity contribution in [3.63, 3.8) is 0 Å². The number of ether oxygens (including phenoxy) is 2. The van der Waals surface area contributed by atoms with Crippen LogP contribution in [0.25, 0.3) is 0 Å². The van der Waals surface area contributed by atoms with Gasteiger partial charge >= 0.3 is 0 Å². The van der Waals surface area contributed by atoms with Gasteiger partial charge in [-0.2, -0.15) is 0 Å². The zero-order chi connectivity index (χ0) is 10.8. The highest BCUT2D eigenvalue weighted by atomic mass is 16.5. The third-order valence-corrected chi connectivity index (χ3v) is 2.48. The van der Waals surface area contributed by atoms with Gasteiger partial charge in [0.15, 0.2) is 17.3 Å². The fourth-order valence-corrected chi connectivity index (χ4v) is 1.63. The van der Waals surface area contributed by atoms with E-state index in [2.05, 4.69) is 0 Å². The number of benzene rings is 1. The second-order valence-corrected chi connectivity index (χ2v) is 3.39. The van der Waals surface area contributed by atoms with Gasteiger partial charge in [0.1, 0.15) is 6.61 Å². The van der Waals surface area contributed by atoms with Crippen LogP contribution in [-0.2, 0) is 0 Å². The molecule has 80 valence electrons. The number of carbonyl (C=O) groups excluding carboxylic acids is 1. The van der Waals surface area contributed by atoms with Crippen LogP contribution in [0.4, 0.5) is 0 Å². The van der Waals surface area contributed by atoms with Gasteiger partial charge in [0.2, 0.25) is 0 Å². The lowest BCUT2D eigenvalue weighted by atomic mass is 9.95. The van der Waals surface area contributed by atoms with Crippen LogP contribution in [0.15, 0.2) is 18.2 Å². The molecule has 0 amide bonds. The van der Waals surface area contributed by atoms with E-state index in [-0.39, 0.29) is 19.0 Å². The first-order valence-electron chi connectivity index (χ1n) is 4.72. The van der Waals surface area contributed by atoms with E-state index in [4.69, 9.17) is 14.6 Å². The van der Waals surface area contributed by atoms with Crippen LogP contribution < -0.4 is 9.47 Å². The lowest BCUT2D eigenvalue weighted by molar-refractivity contribution is 0.0732. The van der Waals surface area contributed by atoms with Crippen LogP contribution in [0, 0.1) is 5.92 Å². The van der Waals surface area contributed by atoms with Crippen molar-refractivity contribution in [2.24, 2.45) is 5.92 Å². The van der Waals surface area contributed by atoms with Crippen LogP contribution in [0.2, 0.25) is 0 Å². The highest BCUT2D eigenvalue weighted by Gasteiger charge is 2.29. The normalized spacial score (nSPS) is 19.3. The number of para-hydroxylation sites is 1. The molecule has 4 heteroatoms. The molecule has 15 heavy (non-hydrogen) atoms. The van der Waals surface area contributed by atoms with E-state index < -0.39 is 5.92 Å². The van der Waals surface area contributed by atoms with Crippen molar-refractivity contribution < 1.29 is 19.4 Å². The number of fused-ring (bicyclic) bond motifs is 1. The summed E-state index contributed by atoms with van der Waals surface area (Å²) >= 11 is 0. The maximum atomic E-state index is 11.8. The Hall–Kier alpha value is -1.55. The number of hydrogen-bond acceptors (Lipinski definition) is 4. The van der Waals surface area contributed by atoms with Crippen LogP contribution >= 0.6 is 0 Å². The largest absolute Gasteiger partial charge is 0.493 e. The predicted octanol–water partition coefficient (Wildman–Crippen LogP) is 0.879. The van der Waals surface area contributed by atoms with Gasteiger partial charge in [0.25, 0.3) is 0 Å². The third-order valence-electron chi connectivity index (χ3n) is 2.48. The maximum absolute atomic E-state index is 11.8. The summed E-state index contributed by atoms with van der Waals surface area (Å²) in [5.41, 5.74) is 0.486. The van der Waals surface area contributed by atoms with Crippen molar-refractivity contribution in [3.8, 4) is 11.5 Å². The van der Waals surface area contributed by atoms with E-state index in [1.54, 1.807) is 18.2 Å². The highest BCUT2D eigenvalue weighted by Crippen LogP contribution is 2.35. The Morgan fingerprint density at radius 3 is 3.07 bits per heavy atom. The number of aliphatic hydroxyl groups excluding tert-OH is 1. The number of Topliss-reactive ketones (excluding diaryl/α,β-unsaturated/α-hetero) is 1. The Kier molecular flexibility index (Phi) is 2.60. The zero-order valence-corrected chi connectivity index (χ0v) is 8.40. The highest BCUT2D eigenvalue weighted by molar-refractivity contribution is 6.02. The van der Waals surface area contributed by atoms with Gasteiger partial charge in [-0.1, -0.05) is 6.07 Å². The summed E-state index contributed by atoms with van der Waals surface area (Å²) in [6.45, 7) is 0.0260. The Balaban J connectivity index is 2.45. The second-order valence-electron chi connectivity index (χ2n) is 3.39. The second kappa shape index (κ2) is 3.90. The van der Waals surface area contributed by atoms with E-state index in [1.165, 1.54) is 7.11 Å². The van der Waals surface area contributed by atoms with Crippen molar-refractivity contribution in [2.75, 3.05) is 20.3 Å². The Morgan fingerprint density at radius 2 is 2.40 bits per heavy atom. The molecule has 0 radical (unpaired) electrons. The monoisotopic (exact) mass is 208 g/mol. The van der Waals surface area contributed by atoms with Crippen molar-refractivity contribution >= 4 is 5.78 Å². The van der Waals surface area contributed by atoms with Gasteiger partial charge < -0.3 is 14.6 Å². The topological polar surface area (TPSA) is 55.8 Å². The molecular weight excluding hydrogens is 196 g/mol. The number of methoxy groups -OCH3 is 1. The minimum absolute atomic E-state index is 0.0855. The first-order valence-corrected chi connectivity index (χ1v) is 4.72. The van der Waals surface area contributed by atoms with Crippen molar-refractivity contribution in [3.05, 3.63) is 23.8 Å². The Bertz CT molecular complexity index is 386. The fourth-order valence-electron chi connectivity index (χ4n) is 1.63. The molecule has 1 N–H and O–H groups in total. The molecule has 0 saturated heterocycles. The molecule has 1 aliphatic heterocycles. The first kappa shape index (κ1) is 9.98. The SMILES string of the molecule is COc1cccc2c1OCC(CO)C2=O. The van der Waals surface area contributed by atoms with E-state index in [0.717, 1.165) is 0 Å². The van der Waals surface area contributed by atoms with Gasteiger partial charge in [0.05, 0.1) is 25.2 Å². The fraction of sp³-hybridized carbons (Fsp3) is 0.364. The number of rotatable bonds is 2. The molecular formula is C11H12O4. The number of aliphatic hydroxyl groups is 1. The molecule has 0 aromatic heterocycles. The molecule has 1 unspecified atom stereocenters. The summed E-state index contributed by atoms with van der Waals surface area (Å²) in [4.78, 5) is 11.8.